The number of rotatable bonds is 3. The molecule has 0 saturated heterocycles. The lowest BCUT2D eigenvalue weighted by Gasteiger charge is -2.25. The van der Waals surface area contributed by atoms with Crippen molar-refractivity contribution in [1.82, 2.24) is 4.98 Å². The lowest BCUT2D eigenvalue weighted by molar-refractivity contribution is 0.416. The maximum atomic E-state index is 12.1. The summed E-state index contributed by atoms with van der Waals surface area (Å²) in [4.78, 5) is 14.9. The van der Waals surface area contributed by atoms with E-state index in [2.05, 4.69) is 41.5 Å². The first-order chi connectivity index (χ1) is 12.2. The Balaban J connectivity index is 2.00. The van der Waals surface area contributed by atoms with Crippen LogP contribution in [0.15, 0.2) is 53.5 Å². The molecule has 4 heteroatoms. The van der Waals surface area contributed by atoms with Crippen molar-refractivity contribution in [3.8, 4) is 16.9 Å². The van der Waals surface area contributed by atoms with Crippen LogP contribution in [0.5, 0.6) is 5.75 Å². The normalized spacial score (nSPS) is 15.7. The van der Waals surface area contributed by atoms with Gasteiger partial charge in [0.1, 0.15) is 5.75 Å². The van der Waals surface area contributed by atoms with Crippen LogP contribution < -0.4 is 15.6 Å². The molecule has 0 fully saturated rings. The largest absolute Gasteiger partial charge is 0.495 e. The number of hydrogen-bond donors (Lipinski definition) is 2. The number of H-pyrrole nitrogens is 1. The van der Waals surface area contributed by atoms with E-state index in [0.717, 1.165) is 39.9 Å². The fraction of sp³-hybridized carbons (Fsp3) is 0.190. The van der Waals surface area contributed by atoms with Gasteiger partial charge >= 0.3 is 0 Å². The summed E-state index contributed by atoms with van der Waals surface area (Å²) < 4.78 is 5.55. The molecule has 1 aliphatic heterocycles. The Morgan fingerprint density at radius 3 is 2.76 bits per heavy atom. The molecule has 4 rings (SSSR count). The third-order valence-corrected chi connectivity index (χ3v) is 4.80. The smallest absolute Gasteiger partial charge is 0.255 e. The van der Waals surface area contributed by atoms with Crippen molar-refractivity contribution in [2.75, 3.05) is 12.4 Å². The standard InChI is InChI=1S/C21H20N2O2/c1-3-13-7-8-17-15(9-10-19(25-2)20(17)23-13)14-5-4-6-18-16(14)11-12-22-21(18)24/h4-13,23H,3H2,1-2H3,(H,22,24). The lowest BCUT2D eigenvalue weighted by atomic mass is 9.91. The molecule has 0 aliphatic carbocycles. The molecule has 1 unspecified atom stereocenters. The van der Waals surface area contributed by atoms with E-state index in [1.807, 2.05) is 24.3 Å². The van der Waals surface area contributed by atoms with Crippen molar-refractivity contribution in [2.45, 2.75) is 19.4 Å². The molecule has 4 nitrogen and oxygen atoms in total. The maximum Gasteiger partial charge on any atom is 0.255 e. The molecular weight excluding hydrogens is 312 g/mol. The number of hydrogen-bond acceptors (Lipinski definition) is 3. The second-order valence-corrected chi connectivity index (χ2v) is 6.20. The van der Waals surface area contributed by atoms with Crippen LogP contribution in [-0.2, 0) is 0 Å². The zero-order valence-corrected chi connectivity index (χ0v) is 14.3. The molecule has 2 heterocycles. The van der Waals surface area contributed by atoms with Crippen LogP contribution in [0, 0.1) is 0 Å². The Bertz CT molecular complexity index is 1030. The van der Waals surface area contributed by atoms with E-state index in [0.29, 0.717) is 11.4 Å². The fourth-order valence-electron chi connectivity index (χ4n) is 3.47. The molecular formula is C21H20N2O2. The van der Waals surface area contributed by atoms with Gasteiger partial charge in [-0.15, -0.1) is 0 Å². The lowest BCUT2D eigenvalue weighted by Crippen LogP contribution is -2.19. The molecule has 2 N–H and O–H groups in total. The number of methoxy groups -OCH3 is 1. The maximum absolute atomic E-state index is 12.1. The van der Waals surface area contributed by atoms with E-state index in [9.17, 15) is 4.79 Å². The van der Waals surface area contributed by atoms with Crippen molar-refractivity contribution in [1.29, 1.82) is 0 Å². The first kappa shape index (κ1) is 15.5. The van der Waals surface area contributed by atoms with Crippen molar-refractivity contribution in [3.63, 3.8) is 0 Å². The average Bonchev–Trinajstić information content (AvgIpc) is 2.66. The summed E-state index contributed by atoms with van der Waals surface area (Å²) in [6, 6.07) is 12.1. The number of ether oxygens (including phenoxy) is 1. The summed E-state index contributed by atoms with van der Waals surface area (Å²) >= 11 is 0. The zero-order chi connectivity index (χ0) is 17.4. The molecule has 0 amide bonds. The number of benzene rings is 2. The first-order valence-corrected chi connectivity index (χ1v) is 8.49. The predicted octanol–water partition coefficient (Wildman–Crippen LogP) is 4.42. The molecule has 0 bridgehead atoms. The molecule has 1 atom stereocenters. The van der Waals surface area contributed by atoms with Gasteiger partial charge in [0, 0.05) is 23.2 Å². The third-order valence-electron chi connectivity index (χ3n) is 4.80. The van der Waals surface area contributed by atoms with Crippen molar-refractivity contribution >= 4 is 22.5 Å². The van der Waals surface area contributed by atoms with E-state index in [-0.39, 0.29) is 5.56 Å². The second kappa shape index (κ2) is 6.13. The number of fused-ring (bicyclic) bond motifs is 2. The highest BCUT2D eigenvalue weighted by molar-refractivity contribution is 6.00. The zero-order valence-electron chi connectivity index (χ0n) is 14.3. The van der Waals surface area contributed by atoms with Crippen LogP contribution in [0.3, 0.4) is 0 Å². The summed E-state index contributed by atoms with van der Waals surface area (Å²) in [6.45, 7) is 2.15. The SMILES string of the molecule is CCC1C=Cc2c(-c3cccc4c(=O)[nH]ccc34)ccc(OC)c2N1. The highest BCUT2D eigenvalue weighted by atomic mass is 16.5. The first-order valence-electron chi connectivity index (χ1n) is 8.49. The highest BCUT2D eigenvalue weighted by Gasteiger charge is 2.20. The van der Waals surface area contributed by atoms with Gasteiger partial charge < -0.3 is 15.0 Å². The van der Waals surface area contributed by atoms with Crippen LogP contribution >= 0.6 is 0 Å². The number of anilines is 1. The minimum atomic E-state index is -0.0681. The van der Waals surface area contributed by atoms with Gasteiger partial charge in [-0.1, -0.05) is 31.2 Å². The van der Waals surface area contributed by atoms with Gasteiger partial charge in [0.2, 0.25) is 0 Å². The van der Waals surface area contributed by atoms with Gasteiger partial charge in [-0.2, -0.15) is 0 Å². The predicted molar refractivity (Wildman–Crippen MR) is 103 cm³/mol. The third kappa shape index (κ3) is 2.50. The van der Waals surface area contributed by atoms with Gasteiger partial charge in [0.15, 0.2) is 0 Å². The van der Waals surface area contributed by atoms with Crippen LogP contribution in [0.2, 0.25) is 0 Å². The number of aromatic nitrogens is 1. The fourth-order valence-corrected chi connectivity index (χ4v) is 3.47. The minimum absolute atomic E-state index is 0.0681. The van der Waals surface area contributed by atoms with E-state index in [1.165, 1.54) is 0 Å². The van der Waals surface area contributed by atoms with Gasteiger partial charge in [-0.3, -0.25) is 4.79 Å². The molecule has 1 aromatic heterocycles. The van der Waals surface area contributed by atoms with Crippen LogP contribution in [-0.4, -0.2) is 18.1 Å². The second-order valence-electron chi connectivity index (χ2n) is 6.20. The van der Waals surface area contributed by atoms with Gasteiger partial charge in [-0.05, 0) is 47.2 Å². The Labute approximate surface area is 146 Å². The Kier molecular flexibility index (Phi) is 3.80. The topological polar surface area (TPSA) is 54.1 Å². The summed E-state index contributed by atoms with van der Waals surface area (Å²) in [5.41, 5.74) is 4.17. The van der Waals surface area contributed by atoms with Crippen molar-refractivity contribution in [3.05, 3.63) is 64.6 Å². The minimum Gasteiger partial charge on any atom is -0.495 e. The van der Waals surface area contributed by atoms with E-state index >= 15 is 0 Å². The van der Waals surface area contributed by atoms with Crippen LogP contribution in [0.25, 0.3) is 28.0 Å². The van der Waals surface area contributed by atoms with Crippen LogP contribution in [0.1, 0.15) is 18.9 Å². The van der Waals surface area contributed by atoms with E-state index in [4.69, 9.17) is 4.74 Å². The molecule has 2 aromatic carbocycles. The number of pyridine rings is 1. The summed E-state index contributed by atoms with van der Waals surface area (Å²) in [5, 5.41) is 5.20. The molecule has 0 spiro atoms. The molecule has 126 valence electrons. The Morgan fingerprint density at radius 2 is 1.96 bits per heavy atom. The van der Waals surface area contributed by atoms with Crippen molar-refractivity contribution < 1.29 is 4.74 Å². The Morgan fingerprint density at radius 1 is 1.08 bits per heavy atom. The van der Waals surface area contributed by atoms with E-state index in [1.54, 1.807) is 13.3 Å². The molecule has 1 aliphatic rings. The number of nitrogens with one attached hydrogen (secondary N) is 2. The molecule has 0 saturated carbocycles. The summed E-state index contributed by atoms with van der Waals surface area (Å²) in [5.74, 6) is 0.833. The summed E-state index contributed by atoms with van der Waals surface area (Å²) in [6.07, 6.45) is 7.05. The average molecular weight is 332 g/mol. The monoisotopic (exact) mass is 332 g/mol. The quantitative estimate of drug-likeness (QED) is 0.746. The van der Waals surface area contributed by atoms with Gasteiger partial charge in [-0.25, -0.2) is 0 Å². The molecule has 0 radical (unpaired) electrons. The number of aromatic amines is 1. The van der Waals surface area contributed by atoms with Gasteiger partial charge in [0.25, 0.3) is 5.56 Å². The summed E-state index contributed by atoms with van der Waals surface area (Å²) in [7, 11) is 1.69. The molecule has 3 aromatic rings. The van der Waals surface area contributed by atoms with E-state index < -0.39 is 0 Å². The van der Waals surface area contributed by atoms with Crippen molar-refractivity contribution in [2.24, 2.45) is 0 Å². The highest BCUT2D eigenvalue weighted by Crippen LogP contribution is 2.41. The van der Waals surface area contributed by atoms with Gasteiger partial charge in [0.05, 0.1) is 12.8 Å². The Hall–Kier alpha value is -3.01. The molecule has 25 heavy (non-hydrogen) atoms. The van der Waals surface area contributed by atoms with Crippen LogP contribution in [0.4, 0.5) is 5.69 Å².